The molecule has 0 aliphatic heterocycles. The molecule has 2 aromatic carbocycles. The number of esters is 1. The third-order valence-electron chi connectivity index (χ3n) is 3.50. The van der Waals surface area contributed by atoms with Gasteiger partial charge >= 0.3 is 5.97 Å². The Labute approximate surface area is 154 Å². The molecule has 5 nitrogen and oxygen atoms in total. The molecule has 3 aromatic rings. The number of aryl methyl sites for hydroxylation is 1. The van der Waals surface area contributed by atoms with E-state index < -0.39 is 5.97 Å². The number of carbonyl (C=O) groups excluding carboxylic acids is 2. The number of hydrogen-bond acceptors (Lipinski definition) is 5. The number of nitrogens with zero attached hydrogens (tertiary/aromatic N) is 1. The van der Waals surface area contributed by atoms with Gasteiger partial charge in [-0.15, -0.1) is 11.3 Å². The Morgan fingerprint density at radius 2 is 1.77 bits per heavy atom. The minimum absolute atomic E-state index is 0.250. The monoisotopic (exact) mass is 364 g/mol. The van der Waals surface area contributed by atoms with E-state index in [9.17, 15) is 9.59 Å². The van der Waals surface area contributed by atoms with E-state index in [1.54, 1.807) is 48.5 Å². The molecule has 0 radical (unpaired) electrons. The van der Waals surface area contributed by atoms with Crippen molar-refractivity contribution >= 4 is 29.4 Å². The number of hydrazone groups is 1. The maximum Gasteiger partial charge on any atom is 0.343 e. The highest BCUT2D eigenvalue weighted by Gasteiger charge is 2.08. The molecule has 26 heavy (non-hydrogen) atoms. The van der Waals surface area contributed by atoms with Gasteiger partial charge in [0.05, 0.1) is 16.7 Å². The fraction of sp³-hybridized carbons (Fsp3) is 0.0500. The van der Waals surface area contributed by atoms with E-state index in [1.807, 2.05) is 24.4 Å². The van der Waals surface area contributed by atoms with E-state index in [2.05, 4.69) is 10.5 Å². The van der Waals surface area contributed by atoms with Crippen LogP contribution in [0.3, 0.4) is 0 Å². The smallest absolute Gasteiger partial charge is 0.343 e. The Morgan fingerprint density at radius 1 is 1.04 bits per heavy atom. The van der Waals surface area contributed by atoms with Gasteiger partial charge in [-0.3, -0.25) is 4.79 Å². The Balaban J connectivity index is 1.56. The highest BCUT2D eigenvalue weighted by molar-refractivity contribution is 7.12. The zero-order valence-electron chi connectivity index (χ0n) is 14.0. The predicted octanol–water partition coefficient (Wildman–Crippen LogP) is 4.04. The number of thiophene rings is 1. The first kappa shape index (κ1) is 17.6. The van der Waals surface area contributed by atoms with Gasteiger partial charge in [-0.05, 0) is 60.3 Å². The van der Waals surface area contributed by atoms with Gasteiger partial charge in [-0.2, -0.15) is 5.10 Å². The number of nitrogens with one attached hydrogen (secondary N) is 1. The summed E-state index contributed by atoms with van der Waals surface area (Å²) in [5.74, 6) is -0.218. The Hall–Kier alpha value is -3.25. The summed E-state index contributed by atoms with van der Waals surface area (Å²) in [5, 5.41) is 5.75. The van der Waals surface area contributed by atoms with Crippen LogP contribution in [0.4, 0.5) is 0 Å². The van der Waals surface area contributed by atoms with Gasteiger partial charge < -0.3 is 4.74 Å². The van der Waals surface area contributed by atoms with Gasteiger partial charge in [0.2, 0.25) is 0 Å². The average Bonchev–Trinajstić information content (AvgIpc) is 3.18. The highest BCUT2D eigenvalue weighted by Crippen LogP contribution is 2.14. The molecule has 0 bridgehead atoms. The highest BCUT2D eigenvalue weighted by atomic mass is 32.1. The first-order valence-electron chi connectivity index (χ1n) is 7.87. The lowest BCUT2D eigenvalue weighted by Gasteiger charge is -2.05. The molecule has 1 amide bonds. The van der Waals surface area contributed by atoms with Crippen LogP contribution in [-0.2, 0) is 0 Å². The SMILES string of the molecule is Cc1ccc(C(=O)Oc2ccc(/C=N\NC(=O)c3cccs3)cc2)cc1. The van der Waals surface area contributed by atoms with Crippen LogP contribution >= 0.6 is 11.3 Å². The number of benzene rings is 2. The largest absolute Gasteiger partial charge is 0.423 e. The molecule has 0 unspecified atom stereocenters. The molecule has 3 rings (SSSR count). The van der Waals surface area contributed by atoms with Gasteiger partial charge in [0.25, 0.3) is 5.91 Å². The van der Waals surface area contributed by atoms with Gasteiger partial charge in [0.15, 0.2) is 0 Å². The van der Waals surface area contributed by atoms with Crippen LogP contribution in [0.2, 0.25) is 0 Å². The fourth-order valence-electron chi connectivity index (χ4n) is 2.11. The molecule has 0 aliphatic carbocycles. The summed E-state index contributed by atoms with van der Waals surface area (Å²) >= 11 is 1.35. The lowest BCUT2D eigenvalue weighted by atomic mass is 10.1. The standard InChI is InChI=1S/C20H16N2O3S/c1-14-4-8-16(9-5-14)20(24)25-17-10-6-15(7-11-17)13-21-22-19(23)18-3-2-12-26-18/h2-13H,1H3,(H,22,23)/b21-13-. The summed E-state index contributed by atoms with van der Waals surface area (Å²) in [6.45, 7) is 1.96. The number of rotatable bonds is 5. The van der Waals surface area contributed by atoms with E-state index in [4.69, 9.17) is 4.74 Å². The van der Waals surface area contributed by atoms with Crippen LogP contribution in [0.1, 0.15) is 31.2 Å². The molecular weight excluding hydrogens is 348 g/mol. The molecule has 130 valence electrons. The molecule has 1 N–H and O–H groups in total. The van der Waals surface area contributed by atoms with Crippen LogP contribution in [0.5, 0.6) is 5.75 Å². The van der Waals surface area contributed by atoms with E-state index in [-0.39, 0.29) is 5.91 Å². The van der Waals surface area contributed by atoms with Crippen molar-refractivity contribution in [3.63, 3.8) is 0 Å². The van der Waals surface area contributed by atoms with E-state index in [1.165, 1.54) is 17.6 Å². The number of carbonyl (C=O) groups is 2. The molecule has 1 heterocycles. The van der Waals surface area contributed by atoms with Crippen molar-refractivity contribution in [2.75, 3.05) is 0 Å². The second-order valence-electron chi connectivity index (χ2n) is 5.50. The van der Waals surface area contributed by atoms with Crippen LogP contribution < -0.4 is 10.2 Å². The zero-order valence-corrected chi connectivity index (χ0v) is 14.8. The topological polar surface area (TPSA) is 67.8 Å². The van der Waals surface area contributed by atoms with Crippen LogP contribution in [0, 0.1) is 6.92 Å². The summed E-state index contributed by atoms with van der Waals surface area (Å²) in [7, 11) is 0. The molecule has 0 aliphatic rings. The van der Waals surface area contributed by atoms with E-state index in [0.29, 0.717) is 16.2 Å². The molecule has 1 aromatic heterocycles. The third kappa shape index (κ3) is 4.64. The first-order chi connectivity index (χ1) is 12.6. The van der Waals surface area contributed by atoms with Crippen LogP contribution in [-0.4, -0.2) is 18.1 Å². The number of ether oxygens (including phenoxy) is 1. The van der Waals surface area contributed by atoms with Crippen LogP contribution in [0.25, 0.3) is 0 Å². The van der Waals surface area contributed by atoms with Gasteiger partial charge in [-0.25, -0.2) is 10.2 Å². The van der Waals surface area contributed by atoms with Crippen molar-refractivity contribution in [1.29, 1.82) is 0 Å². The number of hydrogen-bond donors (Lipinski definition) is 1. The van der Waals surface area contributed by atoms with Crippen LogP contribution in [0.15, 0.2) is 71.1 Å². The zero-order chi connectivity index (χ0) is 18.4. The lowest BCUT2D eigenvalue weighted by Crippen LogP contribution is -2.16. The third-order valence-corrected chi connectivity index (χ3v) is 4.37. The molecular formula is C20H16N2O3S. The summed E-state index contributed by atoms with van der Waals surface area (Å²) in [5.41, 5.74) is 4.81. The number of amides is 1. The second kappa shape index (κ2) is 8.22. The first-order valence-corrected chi connectivity index (χ1v) is 8.75. The fourth-order valence-corrected chi connectivity index (χ4v) is 2.72. The average molecular weight is 364 g/mol. The molecule has 0 saturated carbocycles. The summed E-state index contributed by atoms with van der Waals surface area (Å²) in [4.78, 5) is 24.4. The van der Waals surface area contributed by atoms with Gasteiger partial charge in [0, 0.05) is 0 Å². The maximum atomic E-state index is 12.1. The minimum Gasteiger partial charge on any atom is -0.423 e. The van der Waals surface area contributed by atoms with Crippen molar-refractivity contribution in [1.82, 2.24) is 5.43 Å². The maximum absolute atomic E-state index is 12.1. The molecule has 0 spiro atoms. The Morgan fingerprint density at radius 3 is 2.42 bits per heavy atom. The van der Waals surface area contributed by atoms with E-state index >= 15 is 0 Å². The molecule has 6 heteroatoms. The minimum atomic E-state index is -0.408. The second-order valence-corrected chi connectivity index (χ2v) is 6.45. The normalized spacial score (nSPS) is 10.7. The predicted molar refractivity (Wildman–Crippen MR) is 102 cm³/mol. The molecule has 0 saturated heterocycles. The Kier molecular flexibility index (Phi) is 5.56. The van der Waals surface area contributed by atoms with Crippen molar-refractivity contribution in [2.24, 2.45) is 5.10 Å². The van der Waals surface area contributed by atoms with Gasteiger partial charge in [-0.1, -0.05) is 23.8 Å². The summed E-state index contributed by atoms with van der Waals surface area (Å²) < 4.78 is 5.34. The van der Waals surface area contributed by atoms with Gasteiger partial charge in [0.1, 0.15) is 5.75 Å². The molecule has 0 fully saturated rings. The summed E-state index contributed by atoms with van der Waals surface area (Å²) in [6.07, 6.45) is 1.52. The lowest BCUT2D eigenvalue weighted by molar-refractivity contribution is 0.0734. The quantitative estimate of drug-likeness (QED) is 0.322. The summed E-state index contributed by atoms with van der Waals surface area (Å²) in [6, 6.07) is 17.6. The van der Waals surface area contributed by atoms with E-state index in [0.717, 1.165) is 11.1 Å². The Bertz CT molecular complexity index is 915. The van der Waals surface area contributed by atoms with Crippen molar-refractivity contribution in [3.05, 3.63) is 87.6 Å². The van der Waals surface area contributed by atoms with Crippen molar-refractivity contribution < 1.29 is 14.3 Å². The van der Waals surface area contributed by atoms with Crippen molar-refractivity contribution in [2.45, 2.75) is 6.92 Å². The molecule has 0 atom stereocenters. The van der Waals surface area contributed by atoms with Crippen molar-refractivity contribution in [3.8, 4) is 5.75 Å².